The van der Waals surface area contributed by atoms with Crippen molar-refractivity contribution in [2.75, 3.05) is 4.90 Å². The van der Waals surface area contributed by atoms with Crippen molar-refractivity contribution in [3.05, 3.63) is 140 Å². The van der Waals surface area contributed by atoms with E-state index < -0.39 is 0 Å². The average Bonchev–Trinajstić information content (AvgIpc) is 3.38. The molecule has 0 saturated carbocycles. The second-order valence-electron chi connectivity index (χ2n) is 9.75. The van der Waals surface area contributed by atoms with Crippen molar-refractivity contribution in [2.45, 2.75) is 0 Å². The Morgan fingerprint density at radius 3 is 1.68 bits per heavy atom. The van der Waals surface area contributed by atoms with Crippen LogP contribution in [0.4, 0.5) is 17.1 Å². The Morgan fingerprint density at radius 2 is 0.974 bits per heavy atom. The number of nitrogens with zero attached hydrogens (tertiary/aromatic N) is 1. The second-order valence-corrected chi connectivity index (χ2v) is 9.75. The fourth-order valence-electron chi connectivity index (χ4n) is 5.96. The maximum atomic E-state index is 6.49. The molecule has 1 aromatic heterocycles. The fourth-order valence-corrected chi connectivity index (χ4v) is 5.96. The number of furan rings is 1. The lowest BCUT2D eigenvalue weighted by molar-refractivity contribution is 0.673. The molecule has 0 aliphatic heterocycles. The second kappa shape index (κ2) is 8.22. The zero-order chi connectivity index (χ0) is 25.1. The molecule has 0 unspecified atom stereocenters. The van der Waals surface area contributed by atoms with Crippen LogP contribution in [0.3, 0.4) is 0 Å². The highest BCUT2D eigenvalue weighted by Gasteiger charge is 2.18. The average molecular weight is 486 g/mol. The number of hydrogen-bond donors (Lipinski definition) is 0. The summed E-state index contributed by atoms with van der Waals surface area (Å²) < 4.78 is 6.49. The molecule has 1 heterocycles. The van der Waals surface area contributed by atoms with Crippen molar-refractivity contribution in [1.82, 2.24) is 0 Å². The summed E-state index contributed by atoms with van der Waals surface area (Å²) in [6, 6.07) is 49.4. The highest BCUT2D eigenvalue weighted by Crippen LogP contribution is 2.44. The lowest BCUT2D eigenvalue weighted by atomic mass is 9.93. The number of anilines is 3. The molecule has 7 aromatic carbocycles. The summed E-state index contributed by atoms with van der Waals surface area (Å²) in [4.78, 5) is 2.31. The normalized spacial score (nSPS) is 11.7. The summed E-state index contributed by atoms with van der Waals surface area (Å²) in [6.07, 6.45) is 0. The molecule has 8 aromatic rings. The Kier molecular flexibility index (Phi) is 4.55. The molecule has 0 aliphatic carbocycles. The van der Waals surface area contributed by atoms with Crippen LogP contribution in [0, 0.1) is 0 Å². The first kappa shape index (κ1) is 21.0. The van der Waals surface area contributed by atoms with Gasteiger partial charge >= 0.3 is 0 Å². The van der Waals surface area contributed by atoms with Crippen LogP contribution in [0.25, 0.3) is 54.3 Å². The van der Waals surface area contributed by atoms with Gasteiger partial charge in [-0.1, -0.05) is 91.0 Å². The molecule has 0 saturated heterocycles. The van der Waals surface area contributed by atoms with Crippen molar-refractivity contribution < 1.29 is 4.42 Å². The summed E-state index contributed by atoms with van der Waals surface area (Å²) in [6.45, 7) is 0. The van der Waals surface area contributed by atoms with E-state index in [4.69, 9.17) is 4.42 Å². The van der Waals surface area contributed by atoms with Crippen molar-refractivity contribution in [3.63, 3.8) is 0 Å². The van der Waals surface area contributed by atoms with E-state index in [1.807, 2.05) is 6.07 Å². The van der Waals surface area contributed by atoms with E-state index in [0.29, 0.717) is 0 Å². The Bertz CT molecular complexity index is 2090. The number of rotatable bonds is 3. The van der Waals surface area contributed by atoms with E-state index in [0.717, 1.165) is 39.0 Å². The molecule has 0 radical (unpaired) electrons. The molecular weight excluding hydrogens is 462 g/mol. The number of fused-ring (bicyclic) bond motifs is 10. The highest BCUT2D eigenvalue weighted by atomic mass is 16.3. The first-order chi connectivity index (χ1) is 18.9. The van der Waals surface area contributed by atoms with Gasteiger partial charge in [-0.3, -0.25) is 0 Å². The van der Waals surface area contributed by atoms with E-state index >= 15 is 0 Å². The molecule has 2 heteroatoms. The van der Waals surface area contributed by atoms with Crippen LogP contribution in [-0.4, -0.2) is 0 Å². The van der Waals surface area contributed by atoms with Crippen LogP contribution in [0.5, 0.6) is 0 Å². The molecule has 0 spiro atoms. The SMILES string of the molecule is c1ccc(N(c2ccccc2)c2ccc3c(ccc4c5oc6ccccc6c5c5ccccc5c34)c2)cc1. The van der Waals surface area contributed by atoms with Crippen LogP contribution < -0.4 is 4.90 Å². The van der Waals surface area contributed by atoms with Gasteiger partial charge in [0, 0.05) is 38.6 Å². The van der Waals surface area contributed by atoms with Gasteiger partial charge in [-0.2, -0.15) is 0 Å². The van der Waals surface area contributed by atoms with E-state index in [9.17, 15) is 0 Å². The van der Waals surface area contributed by atoms with E-state index in [1.165, 1.54) is 32.3 Å². The quantitative estimate of drug-likeness (QED) is 0.231. The van der Waals surface area contributed by atoms with Crippen LogP contribution in [0.15, 0.2) is 144 Å². The van der Waals surface area contributed by atoms with E-state index in [-0.39, 0.29) is 0 Å². The summed E-state index contributed by atoms with van der Waals surface area (Å²) >= 11 is 0. The van der Waals surface area contributed by atoms with Crippen molar-refractivity contribution in [2.24, 2.45) is 0 Å². The predicted molar refractivity (Wildman–Crippen MR) is 161 cm³/mol. The molecule has 0 fully saturated rings. The lowest BCUT2D eigenvalue weighted by Gasteiger charge is -2.26. The van der Waals surface area contributed by atoms with Gasteiger partial charge in [0.25, 0.3) is 0 Å². The third kappa shape index (κ3) is 3.07. The molecule has 0 bridgehead atoms. The van der Waals surface area contributed by atoms with Crippen LogP contribution in [-0.2, 0) is 0 Å². The minimum Gasteiger partial charge on any atom is -0.455 e. The molecule has 178 valence electrons. The summed E-state index contributed by atoms with van der Waals surface area (Å²) in [5.41, 5.74) is 5.28. The Hall–Kier alpha value is -5.08. The number of para-hydroxylation sites is 3. The van der Waals surface area contributed by atoms with Crippen molar-refractivity contribution in [3.8, 4) is 0 Å². The van der Waals surface area contributed by atoms with E-state index in [2.05, 4.69) is 138 Å². The number of benzene rings is 7. The molecule has 2 nitrogen and oxygen atoms in total. The van der Waals surface area contributed by atoms with Gasteiger partial charge in [0.2, 0.25) is 0 Å². The topological polar surface area (TPSA) is 16.4 Å². The highest BCUT2D eigenvalue weighted by molar-refractivity contribution is 6.34. The molecule has 0 N–H and O–H groups in total. The molecular formula is C36H23NO. The zero-order valence-electron chi connectivity index (χ0n) is 20.6. The fraction of sp³-hybridized carbons (Fsp3) is 0. The Labute approximate surface area is 220 Å². The first-order valence-corrected chi connectivity index (χ1v) is 13.0. The Balaban J connectivity index is 1.44. The monoisotopic (exact) mass is 485 g/mol. The van der Waals surface area contributed by atoms with Gasteiger partial charge < -0.3 is 9.32 Å². The standard InChI is InChI=1S/C36H23NO/c1-3-11-25(12-4-1)37(26-13-5-2-6-14-26)27-20-22-28-24(23-27)19-21-32-34(28)29-15-7-8-16-30(29)35-31-17-9-10-18-33(31)38-36(32)35/h1-23H. The first-order valence-electron chi connectivity index (χ1n) is 13.0. The number of hydrogen-bond acceptors (Lipinski definition) is 2. The van der Waals surface area contributed by atoms with Gasteiger partial charge in [0.1, 0.15) is 11.2 Å². The summed E-state index contributed by atoms with van der Waals surface area (Å²) in [5.74, 6) is 0. The molecule has 38 heavy (non-hydrogen) atoms. The molecule has 0 atom stereocenters. The smallest absolute Gasteiger partial charge is 0.143 e. The predicted octanol–water partition coefficient (Wildman–Crippen LogP) is 10.5. The Morgan fingerprint density at radius 1 is 0.395 bits per heavy atom. The lowest BCUT2D eigenvalue weighted by Crippen LogP contribution is -2.09. The zero-order valence-corrected chi connectivity index (χ0v) is 20.6. The van der Waals surface area contributed by atoms with Gasteiger partial charge in [-0.25, -0.2) is 0 Å². The maximum absolute atomic E-state index is 6.49. The van der Waals surface area contributed by atoms with Gasteiger partial charge in [0.05, 0.1) is 0 Å². The largest absolute Gasteiger partial charge is 0.455 e. The van der Waals surface area contributed by atoms with Gasteiger partial charge in [-0.15, -0.1) is 0 Å². The van der Waals surface area contributed by atoms with Crippen molar-refractivity contribution >= 4 is 71.3 Å². The van der Waals surface area contributed by atoms with Crippen molar-refractivity contribution in [1.29, 1.82) is 0 Å². The van der Waals surface area contributed by atoms with Crippen LogP contribution >= 0.6 is 0 Å². The maximum Gasteiger partial charge on any atom is 0.143 e. The minimum atomic E-state index is 0.928. The van der Waals surface area contributed by atoms with Gasteiger partial charge in [0.15, 0.2) is 0 Å². The van der Waals surface area contributed by atoms with E-state index in [1.54, 1.807) is 0 Å². The third-order valence-corrected chi connectivity index (χ3v) is 7.60. The van der Waals surface area contributed by atoms with Gasteiger partial charge in [-0.05, 0) is 70.1 Å². The summed E-state index contributed by atoms with van der Waals surface area (Å²) in [7, 11) is 0. The third-order valence-electron chi connectivity index (χ3n) is 7.60. The minimum absolute atomic E-state index is 0.928. The summed E-state index contributed by atoms with van der Waals surface area (Å²) in [5, 5.41) is 9.66. The molecule has 0 aliphatic rings. The molecule has 0 amide bonds. The molecule has 8 rings (SSSR count). The van der Waals surface area contributed by atoms with Crippen LogP contribution in [0.2, 0.25) is 0 Å². The van der Waals surface area contributed by atoms with Crippen LogP contribution in [0.1, 0.15) is 0 Å².